The zero-order valence-corrected chi connectivity index (χ0v) is 14.3. The van der Waals surface area contributed by atoms with Crippen LogP contribution >= 0.6 is 11.6 Å². The highest BCUT2D eigenvalue weighted by Gasteiger charge is 2.24. The van der Waals surface area contributed by atoms with Gasteiger partial charge in [-0.2, -0.15) is 5.10 Å². The van der Waals surface area contributed by atoms with Gasteiger partial charge in [0.25, 0.3) is 5.91 Å². The Bertz CT molecular complexity index is 734. The van der Waals surface area contributed by atoms with Gasteiger partial charge in [-0.3, -0.25) is 4.79 Å². The number of likely N-dealkylation sites (N-methyl/N-ethyl adjacent to an activating group) is 1. The van der Waals surface area contributed by atoms with Gasteiger partial charge in [0.15, 0.2) is 5.82 Å². The summed E-state index contributed by atoms with van der Waals surface area (Å²) in [5.74, 6) is 0.490. The normalized spacial score (nSPS) is 15.9. The van der Waals surface area contributed by atoms with E-state index in [1.807, 2.05) is 19.9 Å². The van der Waals surface area contributed by atoms with Crippen LogP contribution in [0.4, 0.5) is 0 Å². The Labute approximate surface area is 140 Å². The number of piperazine rings is 1. The first-order valence-electron chi connectivity index (χ1n) is 7.63. The number of hydrogen-bond acceptors (Lipinski definition) is 4. The molecule has 7 heteroatoms. The van der Waals surface area contributed by atoms with Crippen LogP contribution in [0.15, 0.2) is 18.2 Å². The van der Waals surface area contributed by atoms with E-state index in [-0.39, 0.29) is 5.91 Å². The zero-order chi connectivity index (χ0) is 16.6. The van der Waals surface area contributed by atoms with Crippen LogP contribution in [-0.4, -0.2) is 63.7 Å². The van der Waals surface area contributed by atoms with Gasteiger partial charge in [-0.05, 0) is 39.1 Å². The van der Waals surface area contributed by atoms with Crippen molar-refractivity contribution in [1.82, 2.24) is 24.6 Å². The van der Waals surface area contributed by atoms with E-state index in [1.165, 1.54) is 0 Å². The highest BCUT2D eigenvalue weighted by molar-refractivity contribution is 6.33. The molecule has 0 unspecified atom stereocenters. The first-order valence-corrected chi connectivity index (χ1v) is 8.01. The van der Waals surface area contributed by atoms with Gasteiger partial charge in [0.1, 0.15) is 5.69 Å². The molecule has 0 atom stereocenters. The fourth-order valence-electron chi connectivity index (χ4n) is 2.72. The molecule has 1 saturated heterocycles. The van der Waals surface area contributed by atoms with Gasteiger partial charge in [-0.1, -0.05) is 11.6 Å². The van der Waals surface area contributed by atoms with Gasteiger partial charge in [-0.25, -0.2) is 9.67 Å². The summed E-state index contributed by atoms with van der Waals surface area (Å²) in [7, 11) is 2.05. The summed E-state index contributed by atoms with van der Waals surface area (Å²) >= 11 is 6.22. The predicted octanol–water partition coefficient (Wildman–Crippen LogP) is 1.93. The van der Waals surface area contributed by atoms with Crippen LogP contribution in [0.3, 0.4) is 0 Å². The molecule has 2 aromatic heterocycles. The fourth-order valence-corrected chi connectivity index (χ4v) is 2.91. The van der Waals surface area contributed by atoms with Crippen LogP contribution in [-0.2, 0) is 0 Å². The van der Waals surface area contributed by atoms with Crippen molar-refractivity contribution in [3.8, 4) is 5.82 Å². The van der Waals surface area contributed by atoms with Crippen LogP contribution < -0.4 is 0 Å². The van der Waals surface area contributed by atoms with Crippen LogP contribution in [0.25, 0.3) is 5.82 Å². The number of pyridine rings is 1. The molecule has 0 bridgehead atoms. The number of nitrogens with zero attached hydrogens (tertiary/aromatic N) is 5. The molecule has 3 heterocycles. The monoisotopic (exact) mass is 333 g/mol. The number of aryl methyl sites for hydroxylation is 2. The van der Waals surface area contributed by atoms with Crippen molar-refractivity contribution >= 4 is 17.5 Å². The summed E-state index contributed by atoms with van der Waals surface area (Å²) < 4.78 is 1.73. The van der Waals surface area contributed by atoms with E-state index in [9.17, 15) is 4.79 Å². The summed E-state index contributed by atoms with van der Waals surface area (Å²) in [6.45, 7) is 6.99. The van der Waals surface area contributed by atoms with Gasteiger partial charge in [0.2, 0.25) is 0 Å². The summed E-state index contributed by atoms with van der Waals surface area (Å²) in [5.41, 5.74) is 2.17. The lowest BCUT2D eigenvalue weighted by Gasteiger charge is -2.32. The smallest absolute Gasteiger partial charge is 0.274 e. The molecule has 6 nitrogen and oxygen atoms in total. The van der Waals surface area contributed by atoms with Gasteiger partial charge >= 0.3 is 0 Å². The Hall–Kier alpha value is -1.92. The van der Waals surface area contributed by atoms with E-state index >= 15 is 0 Å². The van der Waals surface area contributed by atoms with Crippen molar-refractivity contribution in [2.45, 2.75) is 13.8 Å². The highest BCUT2D eigenvalue weighted by atomic mass is 35.5. The Morgan fingerprint density at radius 3 is 2.48 bits per heavy atom. The molecule has 1 aliphatic heterocycles. The van der Waals surface area contributed by atoms with Gasteiger partial charge in [-0.15, -0.1) is 0 Å². The third-order valence-corrected chi connectivity index (χ3v) is 4.36. The molecule has 1 amide bonds. The lowest BCUT2D eigenvalue weighted by Crippen LogP contribution is -2.47. The number of carbonyl (C=O) groups is 1. The number of carbonyl (C=O) groups excluding carboxylic acids is 1. The molecule has 0 aliphatic carbocycles. The van der Waals surface area contributed by atoms with Crippen molar-refractivity contribution in [3.63, 3.8) is 0 Å². The number of aromatic nitrogens is 3. The first kappa shape index (κ1) is 16.0. The Balaban J connectivity index is 1.92. The number of rotatable bonds is 2. The summed E-state index contributed by atoms with van der Waals surface area (Å²) in [4.78, 5) is 21.2. The number of hydrogen-bond donors (Lipinski definition) is 0. The second kappa shape index (κ2) is 6.29. The maximum Gasteiger partial charge on any atom is 0.274 e. The van der Waals surface area contributed by atoms with E-state index in [2.05, 4.69) is 22.0 Å². The molecule has 122 valence electrons. The minimum Gasteiger partial charge on any atom is -0.335 e. The molecule has 0 aromatic carbocycles. The average Bonchev–Trinajstić information content (AvgIpc) is 2.86. The molecular formula is C16H20ClN5O. The lowest BCUT2D eigenvalue weighted by atomic mass is 10.2. The second-order valence-electron chi connectivity index (χ2n) is 5.93. The van der Waals surface area contributed by atoms with Crippen molar-refractivity contribution < 1.29 is 4.79 Å². The van der Waals surface area contributed by atoms with E-state index in [0.29, 0.717) is 29.6 Å². The minimum absolute atomic E-state index is 0.119. The SMILES string of the molecule is Cc1cc(C)n(-c2ccc(Cl)c(C(=O)N3CCN(C)CC3)n2)n1. The zero-order valence-electron chi connectivity index (χ0n) is 13.6. The van der Waals surface area contributed by atoms with Gasteiger partial charge < -0.3 is 9.80 Å². The number of halogens is 1. The molecular weight excluding hydrogens is 314 g/mol. The molecule has 0 radical (unpaired) electrons. The van der Waals surface area contributed by atoms with Crippen molar-refractivity contribution in [1.29, 1.82) is 0 Å². The average molecular weight is 334 g/mol. The summed E-state index contributed by atoms with van der Waals surface area (Å²) in [6, 6.07) is 5.46. The minimum atomic E-state index is -0.119. The van der Waals surface area contributed by atoms with E-state index in [4.69, 9.17) is 11.6 Å². The second-order valence-corrected chi connectivity index (χ2v) is 6.34. The first-order chi connectivity index (χ1) is 11.0. The molecule has 23 heavy (non-hydrogen) atoms. The van der Waals surface area contributed by atoms with Crippen molar-refractivity contribution in [3.05, 3.63) is 40.3 Å². The van der Waals surface area contributed by atoms with E-state index in [1.54, 1.807) is 21.7 Å². The van der Waals surface area contributed by atoms with Crippen LogP contribution in [0, 0.1) is 13.8 Å². The molecule has 0 spiro atoms. The molecule has 1 aliphatic rings. The summed E-state index contributed by atoms with van der Waals surface area (Å²) in [6.07, 6.45) is 0. The number of amides is 1. The van der Waals surface area contributed by atoms with Crippen molar-refractivity contribution in [2.75, 3.05) is 33.2 Å². The quantitative estimate of drug-likeness (QED) is 0.842. The lowest BCUT2D eigenvalue weighted by molar-refractivity contribution is 0.0658. The molecule has 3 rings (SSSR count). The third-order valence-electron chi connectivity index (χ3n) is 4.05. The third kappa shape index (κ3) is 3.23. The molecule has 0 saturated carbocycles. The predicted molar refractivity (Wildman–Crippen MR) is 89.2 cm³/mol. The molecule has 2 aromatic rings. The van der Waals surface area contributed by atoms with Crippen LogP contribution in [0.1, 0.15) is 21.9 Å². The molecule has 1 fully saturated rings. The van der Waals surface area contributed by atoms with Crippen molar-refractivity contribution in [2.24, 2.45) is 0 Å². The maximum absolute atomic E-state index is 12.7. The Morgan fingerprint density at radius 1 is 1.17 bits per heavy atom. The Kier molecular flexibility index (Phi) is 4.37. The maximum atomic E-state index is 12.7. The van der Waals surface area contributed by atoms with Crippen LogP contribution in [0.5, 0.6) is 0 Å². The highest BCUT2D eigenvalue weighted by Crippen LogP contribution is 2.20. The van der Waals surface area contributed by atoms with E-state index < -0.39 is 0 Å². The Morgan fingerprint density at radius 2 is 1.87 bits per heavy atom. The standard InChI is InChI=1S/C16H20ClN5O/c1-11-10-12(2)22(19-11)14-5-4-13(17)15(18-14)16(23)21-8-6-20(3)7-9-21/h4-5,10H,6-9H2,1-3H3. The van der Waals surface area contributed by atoms with E-state index in [0.717, 1.165) is 24.5 Å². The van der Waals surface area contributed by atoms with Crippen LogP contribution in [0.2, 0.25) is 5.02 Å². The van der Waals surface area contributed by atoms with Gasteiger partial charge in [0, 0.05) is 31.9 Å². The summed E-state index contributed by atoms with van der Waals surface area (Å²) in [5, 5.41) is 4.79. The van der Waals surface area contributed by atoms with Gasteiger partial charge in [0.05, 0.1) is 10.7 Å². The topological polar surface area (TPSA) is 54.3 Å². The molecule has 0 N–H and O–H groups in total. The fraction of sp³-hybridized carbons (Fsp3) is 0.438. The largest absolute Gasteiger partial charge is 0.335 e.